The third kappa shape index (κ3) is 1.88. The molecule has 1 aromatic carbocycles. The van der Waals surface area contributed by atoms with E-state index in [1.807, 2.05) is 0 Å². The van der Waals surface area contributed by atoms with E-state index >= 15 is 0 Å². The summed E-state index contributed by atoms with van der Waals surface area (Å²) >= 11 is 0. The molecule has 4 nitrogen and oxygen atoms in total. The minimum Gasteiger partial charge on any atom is -0.398 e. The fourth-order valence-corrected chi connectivity index (χ4v) is 2.14. The molecule has 4 heteroatoms. The Bertz CT molecular complexity index is 392. The number of hydrogen-bond acceptors (Lipinski definition) is 3. The number of likely N-dealkylation sites (tertiary alicyclic amines) is 1. The van der Waals surface area contributed by atoms with Crippen molar-refractivity contribution in [2.24, 2.45) is 0 Å². The standard InChI is InChI=1S/C12H16N2O2/c13-11-6-2-1-5-10(11)12(16)14-7-3-4-9(14)8-15/h1-2,5-6,9,15H,3-4,7-8,13H2. The Balaban J connectivity index is 2.22. The number of amides is 1. The van der Waals surface area contributed by atoms with E-state index in [2.05, 4.69) is 0 Å². The first kappa shape index (κ1) is 11.0. The molecule has 0 spiro atoms. The van der Waals surface area contributed by atoms with Gasteiger partial charge in [0.2, 0.25) is 0 Å². The molecule has 86 valence electrons. The number of carbonyl (C=O) groups excluding carboxylic acids is 1. The smallest absolute Gasteiger partial charge is 0.256 e. The first-order valence-corrected chi connectivity index (χ1v) is 5.50. The highest BCUT2D eigenvalue weighted by atomic mass is 16.3. The second kappa shape index (κ2) is 4.53. The second-order valence-electron chi connectivity index (χ2n) is 4.06. The number of benzene rings is 1. The number of anilines is 1. The molecule has 1 heterocycles. The maximum absolute atomic E-state index is 12.2. The van der Waals surface area contributed by atoms with Gasteiger partial charge < -0.3 is 15.7 Å². The van der Waals surface area contributed by atoms with Crippen molar-refractivity contribution in [1.82, 2.24) is 4.90 Å². The van der Waals surface area contributed by atoms with Gasteiger partial charge in [-0.2, -0.15) is 0 Å². The first-order valence-electron chi connectivity index (χ1n) is 5.50. The summed E-state index contributed by atoms with van der Waals surface area (Å²) < 4.78 is 0. The second-order valence-corrected chi connectivity index (χ2v) is 4.06. The molecule has 1 unspecified atom stereocenters. The number of para-hydroxylation sites is 1. The van der Waals surface area contributed by atoms with Crippen LogP contribution in [0.4, 0.5) is 5.69 Å². The number of nitrogens with zero attached hydrogens (tertiary/aromatic N) is 1. The van der Waals surface area contributed by atoms with Gasteiger partial charge in [-0.15, -0.1) is 0 Å². The van der Waals surface area contributed by atoms with Crippen molar-refractivity contribution >= 4 is 11.6 Å². The normalized spacial score (nSPS) is 20.1. The summed E-state index contributed by atoms with van der Waals surface area (Å²) in [6, 6.07) is 7.00. The van der Waals surface area contributed by atoms with E-state index in [9.17, 15) is 9.90 Å². The zero-order valence-corrected chi connectivity index (χ0v) is 9.10. The zero-order valence-electron chi connectivity index (χ0n) is 9.10. The van der Waals surface area contributed by atoms with Crippen LogP contribution in [0.1, 0.15) is 23.2 Å². The summed E-state index contributed by atoms with van der Waals surface area (Å²) in [4.78, 5) is 13.9. The van der Waals surface area contributed by atoms with Gasteiger partial charge in [-0.3, -0.25) is 4.79 Å². The van der Waals surface area contributed by atoms with Gasteiger partial charge in [-0.25, -0.2) is 0 Å². The highest BCUT2D eigenvalue weighted by Gasteiger charge is 2.29. The van der Waals surface area contributed by atoms with E-state index in [0.29, 0.717) is 17.8 Å². The predicted octanol–water partition coefficient (Wildman–Crippen LogP) is 0.866. The Hall–Kier alpha value is -1.55. The van der Waals surface area contributed by atoms with Crippen molar-refractivity contribution in [2.75, 3.05) is 18.9 Å². The van der Waals surface area contributed by atoms with Crippen molar-refractivity contribution in [1.29, 1.82) is 0 Å². The number of rotatable bonds is 2. The van der Waals surface area contributed by atoms with E-state index in [1.54, 1.807) is 29.2 Å². The lowest BCUT2D eigenvalue weighted by molar-refractivity contribution is 0.0678. The third-order valence-corrected chi connectivity index (χ3v) is 3.04. The van der Waals surface area contributed by atoms with Crippen LogP contribution in [0.3, 0.4) is 0 Å². The van der Waals surface area contributed by atoms with E-state index in [0.717, 1.165) is 12.8 Å². The molecule has 1 aliphatic heterocycles. The van der Waals surface area contributed by atoms with Gasteiger partial charge in [0.05, 0.1) is 18.2 Å². The van der Waals surface area contributed by atoms with Crippen molar-refractivity contribution in [3.05, 3.63) is 29.8 Å². The average molecular weight is 220 g/mol. The lowest BCUT2D eigenvalue weighted by Crippen LogP contribution is -2.37. The number of aliphatic hydroxyl groups is 1. The molecule has 1 aromatic rings. The molecule has 3 N–H and O–H groups in total. The number of aliphatic hydroxyl groups excluding tert-OH is 1. The molecule has 1 fully saturated rings. The molecule has 1 saturated heterocycles. The van der Waals surface area contributed by atoms with Crippen LogP contribution >= 0.6 is 0 Å². The summed E-state index contributed by atoms with van der Waals surface area (Å²) in [5.41, 5.74) is 6.79. The van der Waals surface area contributed by atoms with E-state index in [-0.39, 0.29) is 18.6 Å². The summed E-state index contributed by atoms with van der Waals surface area (Å²) in [6.45, 7) is 0.733. The molecule has 16 heavy (non-hydrogen) atoms. The topological polar surface area (TPSA) is 66.6 Å². The average Bonchev–Trinajstić information content (AvgIpc) is 2.77. The molecule has 1 amide bonds. The summed E-state index contributed by atoms with van der Waals surface area (Å²) in [5.74, 6) is -0.0744. The maximum Gasteiger partial charge on any atom is 0.256 e. The zero-order chi connectivity index (χ0) is 11.5. The largest absolute Gasteiger partial charge is 0.398 e. The van der Waals surface area contributed by atoms with Crippen LogP contribution in [0.15, 0.2) is 24.3 Å². The van der Waals surface area contributed by atoms with Gasteiger partial charge in [-0.05, 0) is 25.0 Å². The van der Waals surface area contributed by atoms with Crippen molar-refractivity contribution in [3.8, 4) is 0 Å². The van der Waals surface area contributed by atoms with Crippen LogP contribution in [0, 0.1) is 0 Å². The molecular weight excluding hydrogens is 204 g/mol. The van der Waals surface area contributed by atoms with E-state index in [4.69, 9.17) is 5.73 Å². The number of nitrogens with two attached hydrogens (primary N) is 1. The quantitative estimate of drug-likeness (QED) is 0.727. The molecular formula is C12H16N2O2. The molecule has 0 saturated carbocycles. The number of carbonyl (C=O) groups is 1. The number of nitrogen functional groups attached to an aromatic ring is 1. The molecule has 0 bridgehead atoms. The summed E-state index contributed by atoms with van der Waals surface area (Å²) in [7, 11) is 0. The van der Waals surface area contributed by atoms with Crippen LogP contribution in [0.2, 0.25) is 0 Å². The van der Waals surface area contributed by atoms with Crippen LogP contribution < -0.4 is 5.73 Å². The number of hydrogen-bond donors (Lipinski definition) is 2. The summed E-state index contributed by atoms with van der Waals surface area (Å²) in [5, 5.41) is 9.18. The van der Waals surface area contributed by atoms with Gasteiger partial charge >= 0.3 is 0 Å². The SMILES string of the molecule is Nc1ccccc1C(=O)N1CCCC1CO. The van der Waals surface area contributed by atoms with Gasteiger partial charge in [0, 0.05) is 12.2 Å². The predicted molar refractivity (Wildman–Crippen MR) is 62.0 cm³/mol. The van der Waals surface area contributed by atoms with Gasteiger partial charge in [0.1, 0.15) is 0 Å². The van der Waals surface area contributed by atoms with Gasteiger partial charge in [-0.1, -0.05) is 12.1 Å². The minimum atomic E-state index is -0.0744. The molecule has 0 radical (unpaired) electrons. The van der Waals surface area contributed by atoms with Gasteiger partial charge in [0.15, 0.2) is 0 Å². The first-order chi connectivity index (χ1) is 7.74. The lowest BCUT2D eigenvalue weighted by Gasteiger charge is -2.23. The highest BCUT2D eigenvalue weighted by molar-refractivity contribution is 5.99. The monoisotopic (exact) mass is 220 g/mol. The lowest BCUT2D eigenvalue weighted by atomic mass is 10.1. The Morgan fingerprint density at radius 1 is 1.50 bits per heavy atom. The van der Waals surface area contributed by atoms with Crippen LogP contribution in [-0.4, -0.2) is 35.1 Å². The Morgan fingerprint density at radius 2 is 2.25 bits per heavy atom. The van der Waals surface area contributed by atoms with E-state index in [1.165, 1.54) is 0 Å². The highest BCUT2D eigenvalue weighted by Crippen LogP contribution is 2.21. The van der Waals surface area contributed by atoms with Crippen LogP contribution in [0.5, 0.6) is 0 Å². The molecule has 0 aromatic heterocycles. The fourth-order valence-electron chi connectivity index (χ4n) is 2.14. The Labute approximate surface area is 94.7 Å². The molecule has 1 aliphatic rings. The molecule has 1 atom stereocenters. The van der Waals surface area contributed by atoms with Crippen molar-refractivity contribution in [2.45, 2.75) is 18.9 Å². The van der Waals surface area contributed by atoms with Crippen molar-refractivity contribution in [3.63, 3.8) is 0 Å². The van der Waals surface area contributed by atoms with Gasteiger partial charge in [0.25, 0.3) is 5.91 Å². The Morgan fingerprint density at radius 3 is 2.94 bits per heavy atom. The molecule has 0 aliphatic carbocycles. The van der Waals surface area contributed by atoms with Crippen LogP contribution in [0.25, 0.3) is 0 Å². The Kier molecular flexibility index (Phi) is 3.10. The van der Waals surface area contributed by atoms with Crippen LogP contribution in [-0.2, 0) is 0 Å². The maximum atomic E-state index is 12.2. The van der Waals surface area contributed by atoms with Crippen molar-refractivity contribution < 1.29 is 9.90 Å². The van der Waals surface area contributed by atoms with E-state index < -0.39 is 0 Å². The fraction of sp³-hybridized carbons (Fsp3) is 0.417. The third-order valence-electron chi connectivity index (χ3n) is 3.04. The molecule has 2 rings (SSSR count). The minimum absolute atomic E-state index is 0.0263. The summed E-state index contributed by atoms with van der Waals surface area (Å²) in [6.07, 6.45) is 1.82.